The molecule has 1 atom stereocenters. The number of thioether (sulfide) groups is 1. The molecule has 9 nitrogen and oxygen atoms in total. The normalized spacial score (nSPS) is 21.6. The van der Waals surface area contributed by atoms with Crippen LogP contribution in [0, 0.1) is 0 Å². The number of quaternary nitrogens is 1. The summed E-state index contributed by atoms with van der Waals surface area (Å²) in [5, 5.41) is 30.1. The molecule has 0 aliphatic carbocycles. The molecule has 2 fully saturated rings. The summed E-state index contributed by atoms with van der Waals surface area (Å²) in [5.74, 6) is -1.26. The van der Waals surface area contributed by atoms with Crippen molar-refractivity contribution in [3.8, 4) is 11.5 Å². The van der Waals surface area contributed by atoms with Crippen molar-refractivity contribution in [1.82, 2.24) is 9.47 Å². The number of nitrogens with zero attached hydrogens (tertiary/aromatic N) is 3. The van der Waals surface area contributed by atoms with Gasteiger partial charge in [0.1, 0.15) is 18.8 Å². The fraction of sp³-hybridized carbons (Fsp3) is 0.458. The van der Waals surface area contributed by atoms with Gasteiger partial charge in [0.2, 0.25) is 5.91 Å². The molecular formula is C24H28N3O6S+. The van der Waals surface area contributed by atoms with Crippen molar-refractivity contribution in [3.05, 3.63) is 45.4 Å². The Morgan fingerprint density at radius 2 is 1.85 bits per heavy atom. The number of carboxylic acids is 1. The summed E-state index contributed by atoms with van der Waals surface area (Å²) in [6.45, 7) is 5.09. The SMILES string of the molecule is CCn1cc(C[N+]2(CC3=C(C(=O)O)N4C(=O)CC4SC3)CCCC2)c(=O)c2cc(O)c(O)cc21. The first-order chi connectivity index (χ1) is 16.2. The van der Waals surface area contributed by atoms with Crippen molar-refractivity contribution in [2.75, 3.05) is 25.4 Å². The standard InChI is InChI=1S/C24H27N3O6S/c1-2-25-10-14(23(31)16-7-18(28)19(29)8-17(16)25)11-27(5-3-4-6-27)12-15-13-34-21-9-20(30)26(21)22(15)24(32)33/h7-8,10,21H,2-6,9,11-13H2,1H3,(H2-,28,29,31,32,33)/p+1. The lowest BCUT2D eigenvalue weighted by atomic mass is 10.1. The van der Waals surface area contributed by atoms with Gasteiger partial charge in [0.15, 0.2) is 16.9 Å². The number of phenols is 2. The number of fused-ring (bicyclic) bond motifs is 2. The summed E-state index contributed by atoms with van der Waals surface area (Å²) in [4.78, 5) is 39.1. The lowest BCUT2D eigenvalue weighted by Gasteiger charge is -2.45. The van der Waals surface area contributed by atoms with Crippen molar-refractivity contribution < 1.29 is 29.4 Å². The van der Waals surface area contributed by atoms with Gasteiger partial charge in [-0.1, -0.05) is 0 Å². The fourth-order valence-electron chi connectivity index (χ4n) is 5.59. The van der Waals surface area contributed by atoms with Gasteiger partial charge >= 0.3 is 5.97 Å². The van der Waals surface area contributed by atoms with Crippen molar-refractivity contribution >= 4 is 34.5 Å². The molecule has 0 radical (unpaired) electrons. The second kappa shape index (κ2) is 8.35. The fourth-order valence-corrected chi connectivity index (χ4v) is 6.85. The first-order valence-corrected chi connectivity index (χ1v) is 12.6. The number of aromatic hydroxyl groups is 2. The van der Waals surface area contributed by atoms with E-state index in [1.807, 2.05) is 17.7 Å². The number of hydrogen-bond donors (Lipinski definition) is 3. The number of hydrogen-bond acceptors (Lipinski definition) is 6. The number of likely N-dealkylation sites (tertiary alicyclic amines) is 1. The van der Waals surface area contributed by atoms with Crippen LogP contribution in [-0.4, -0.2) is 71.9 Å². The van der Waals surface area contributed by atoms with E-state index >= 15 is 0 Å². The Hall–Kier alpha value is -2.98. The van der Waals surface area contributed by atoms with Crippen LogP contribution in [0.2, 0.25) is 0 Å². The average Bonchev–Trinajstić information content (AvgIpc) is 3.25. The lowest BCUT2D eigenvalue weighted by Crippen LogP contribution is -2.56. The Labute approximate surface area is 200 Å². The zero-order valence-electron chi connectivity index (χ0n) is 19.0. The molecule has 180 valence electrons. The van der Waals surface area contributed by atoms with E-state index < -0.39 is 5.97 Å². The third-order valence-corrected chi connectivity index (χ3v) is 8.55. The van der Waals surface area contributed by atoms with Crippen LogP contribution in [0.3, 0.4) is 0 Å². The predicted octanol–water partition coefficient (Wildman–Crippen LogP) is 2.19. The number of pyridine rings is 1. The predicted molar refractivity (Wildman–Crippen MR) is 127 cm³/mol. The monoisotopic (exact) mass is 486 g/mol. The highest BCUT2D eigenvalue weighted by Crippen LogP contribution is 2.41. The molecule has 0 saturated carbocycles. The molecule has 1 aromatic heterocycles. The molecule has 34 heavy (non-hydrogen) atoms. The number of amides is 1. The molecule has 5 rings (SSSR count). The topological polar surface area (TPSA) is 120 Å². The minimum absolute atomic E-state index is 0.0873. The van der Waals surface area contributed by atoms with E-state index in [1.54, 1.807) is 11.8 Å². The quantitative estimate of drug-likeness (QED) is 0.325. The molecule has 3 N–H and O–H groups in total. The molecule has 3 aliphatic heterocycles. The largest absolute Gasteiger partial charge is 0.504 e. The van der Waals surface area contributed by atoms with E-state index in [4.69, 9.17) is 0 Å². The van der Waals surface area contributed by atoms with E-state index in [0.717, 1.165) is 31.5 Å². The third kappa shape index (κ3) is 3.65. The van der Waals surface area contributed by atoms with Crippen LogP contribution in [0.5, 0.6) is 11.5 Å². The van der Waals surface area contributed by atoms with Crippen LogP contribution < -0.4 is 5.43 Å². The van der Waals surface area contributed by atoms with E-state index in [9.17, 15) is 29.7 Å². The highest BCUT2D eigenvalue weighted by molar-refractivity contribution is 8.00. The van der Waals surface area contributed by atoms with Gasteiger partial charge in [0.05, 0.1) is 41.4 Å². The molecule has 4 heterocycles. The number of aryl methyl sites for hydroxylation is 1. The number of carbonyl (C=O) groups is 2. The summed E-state index contributed by atoms with van der Waals surface area (Å²) in [5.41, 5.74) is 1.83. The van der Waals surface area contributed by atoms with E-state index in [1.165, 1.54) is 17.0 Å². The van der Waals surface area contributed by atoms with Gasteiger partial charge in [0, 0.05) is 43.0 Å². The number of aliphatic carboxylic acids is 1. The number of aromatic nitrogens is 1. The van der Waals surface area contributed by atoms with Crippen molar-refractivity contribution in [2.45, 2.75) is 44.6 Å². The van der Waals surface area contributed by atoms with E-state index in [0.29, 0.717) is 52.8 Å². The van der Waals surface area contributed by atoms with Crippen LogP contribution in [0.15, 0.2) is 34.4 Å². The van der Waals surface area contributed by atoms with E-state index in [-0.39, 0.29) is 33.9 Å². The third-order valence-electron chi connectivity index (χ3n) is 7.27. The number of carbonyl (C=O) groups excluding carboxylic acids is 1. The highest BCUT2D eigenvalue weighted by Gasteiger charge is 2.47. The Bertz CT molecular complexity index is 1290. The minimum atomic E-state index is -1.07. The van der Waals surface area contributed by atoms with Crippen LogP contribution >= 0.6 is 11.8 Å². The number of rotatable bonds is 6. The van der Waals surface area contributed by atoms with Gasteiger partial charge < -0.3 is 24.4 Å². The number of β-lactam (4-membered cyclic amide) rings is 1. The zero-order valence-corrected chi connectivity index (χ0v) is 19.8. The first-order valence-electron chi connectivity index (χ1n) is 11.5. The van der Waals surface area contributed by atoms with Crippen LogP contribution in [0.1, 0.15) is 31.7 Å². The van der Waals surface area contributed by atoms with E-state index in [2.05, 4.69) is 0 Å². The second-order valence-electron chi connectivity index (χ2n) is 9.43. The van der Waals surface area contributed by atoms with Gasteiger partial charge in [-0.05, 0) is 13.0 Å². The second-order valence-corrected chi connectivity index (χ2v) is 10.6. The molecule has 10 heteroatoms. The van der Waals surface area contributed by atoms with Crippen molar-refractivity contribution in [2.24, 2.45) is 0 Å². The van der Waals surface area contributed by atoms with Gasteiger partial charge in [-0.15, -0.1) is 11.8 Å². The molecule has 0 bridgehead atoms. The first kappa shape index (κ1) is 22.8. The molecule has 1 amide bonds. The lowest BCUT2D eigenvalue weighted by molar-refractivity contribution is -0.925. The summed E-state index contributed by atoms with van der Waals surface area (Å²) in [6, 6.07) is 2.72. The summed E-state index contributed by atoms with van der Waals surface area (Å²) >= 11 is 1.60. The molecule has 2 saturated heterocycles. The molecule has 1 aromatic carbocycles. The van der Waals surface area contributed by atoms with Crippen LogP contribution in [-0.2, 0) is 22.7 Å². The van der Waals surface area contributed by atoms with Gasteiger partial charge in [0.25, 0.3) is 0 Å². The maximum absolute atomic E-state index is 13.4. The van der Waals surface area contributed by atoms with Gasteiger partial charge in [-0.25, -0.2) is 4.79 Å². The molecule has 2 aromatic rings. The van der Waals surface area contributed by atoms with Crippen molar-refractivity contribution in [1.29, 1.82) is 0 Å². The molecule has 0 spiro atoms. The smallest absolute Gasteiger partial charge is 0.352 e. The van der Waals surface area contributed by atoms with Gasteiger partial charge in [-0.2, -0.15) is 0 Å². The van der Waals surface area contributed by atoms with Gasteiger partial charge in [-0.3, -0.25) is 14.5 Å². The molecule has 3 aliphatic rings. The summed E-state index contributed by atoms with van der Waals surface area (Å²) in [7, 11) is 0. The number of phenolic OH excluding ortho intramolecular Hbond substituents is 2. The Balaban J connectivity index is 1.56. The number of benzene rings is 1. The van der Waals surface area contributed by atoms with Crippen LogP contribution in [0.4, 0.5) is 0 Å². The zero-order chi connectivity index (χ0) is 24.2. The summed E-state index contributed by atoms with van der Waals surface area (Å²) in [6.07, 6.45) is 4.16. The average molecular weight is 487 g/mol. The Kier molecular flexibility index (Phi) is 5.60. The Morgan fingerprint density at radius 1 is 1.15 bits per heavy atom. The minimum Gasteiger partial charge on any atom is -0.504 e. The molecular weight excluding hydrogens is 458 g/mol. The Morgan fingerprint density at radius 3 is 2.50 bits per heavy atom. The number of carboxylic acid groups (broad SMARTS) is 1. The highest BCUT2D eigenvalue weighted by atomic mass is 32.2. The van der Waals surface area contributed by atoms with Crippen LogP contribution in [0.25, 0.3) is 10.9 Å². The maximum atomic E-state index is 13.4. The summed E-state index contributed by atoms with van der Waals surface area (Å²) < 4.78 is 2.45. The molecule has 1 unspecified atom stereocenters. The van der Waals surface area contributed by atoms with Crippen molar-refractivity contribution in [3.63, 3.8) is 0 Å². The maximum Gasteiger partial charge on any atom is 0.352 e.